The lowest BCUT2D eigenvalue weighted by Gasteiger charge is -1.74. The van der Waals surface area contributed by atoms with Crippen molar-refractivity contribution >= 4 is 11.3 Å². The Morgan fingerprint density at radius 1 is 1.50 bits per heavy atom. The molecule has 50 valence electrons. The molecule has 0 aromatic carbocycles. The van der Waals surface area contributed by atoms with Crippen molar-refractivity contribution < 1.29 is 0 Å². The zero-order valence-corrected chi connectivity index (χ0v) is 6.45. The van der Waals surface area contributed by atoms with Gasteiger partial charge in [0.1, 0.15) is 0 Å². The molecule has 0 nitrogen and oxygen atoms in total. The Kier molecular flexibility index (Phi) is 1.49. The molecule has 1 fully saturated rings. The summed E-state index contributed by atoms with van der Waals surface area (Å²) in [6.45, 7) is 0. The topological polar surface area (TPSA) is 0 Å². The molecule has 2 rings (SSSR count). The molecule has 1 aliphatic rings. The Balaban J connectivity index is 2.09. The monoisotopic (exact) mass is 148 g/mol. The van der Waals surface area contributed by atoms with E-state index in [0.717, 1.165) is 5.92 Å². The van der Waals surface area contributed by atoms with E-state index in [4.69, 9.17) is 0 Å². The van der Waals surface area contributed by atoms with Crippen LogP contribution < -0.4 is 0 Å². The molecule has 0 aliphatic heterocycles. The lowest BCUT2D eigenvalue weighted by Crippen LogP contribution is -1.63. The van der Waals surface area contributed by atoms with Gasteiger partial charge in [0.15, 0.2) is 0 Å². The van der Waals surface area contributed by atoms with Crippen LogP contribution in [0.15, 0.2) is 17.5 Å². The largest absolute Gasteiger partial charge is 0.135 e. The number of hydrogen-bond donors (Lipinski definition) is 0. The van der Waals surface area contributed by atoms with Gasteiger partial charge in [-0.1, -0.05) is 17.9 Å². The predicted molar refractivity (Wildman–Crippen MR) is 43.9 cm³/mol. The van der Waals surface area contributed by atoms with Crippen LogP contribution in [0.2, 0.25) is 0 Å². The van der Waals surface area contributed by atoms with Gasteiger partial charge in [-0.2, -0.15) is 0 Å². The molecule has 0 radical (unpaired) electrons. The quantitative estimate of drug-likeness (QED) is 0.496. The third kappa shape index (κ3) is 1.40. The zero-order valence-electron chi connectivity index (χ0n) is 5.63. The Labute approximate surface area is 64.9 Å². The maximum atomic E-state index is 3.22. The molecule has 0 unspecified atom stereocenters. The van der Waals surface area contributed by atoms with Crippen molar-refractivity contribution in [1.82, 2.24) is 0 Å². The van der Waals surface area contributed by atoms with Gasteiger partial charge in [-0.15, -0.1) is 11.3 Å². The average molecular weight is 148 g/mol. The smallest absolute Gasteiger partial charge is 0.0768 e. The van der Waals surface area contributed by atoms with Gasteiger partial charge >= 0.3 is 0 Å². The lowest BCUT2D eigenvalue weighted by molar-refractivity contribution is 1.18. The lowest BCUT2D eigenvalue weighted by atomic mass is 10.4. The number of hydrogen-bond acceptors (Lipinski definition) is 1. The van der Waals surface area contributed by atoms with Gasteiger partial charge in [-0.05, 0) is 24.3 Å². The van der Waals surface area contributed by atoms with Crippen LogP contribution in [0, 0.1) is 17.8 Å². The predicted octanol–water partition coefficient (Wildman–Crippen LogP) is 2.51. The molecule has 0 saturated heterocycles. The van der Waals surface area contributed by atoms with E-state index in [2.05, 4.69) is 23.3 Å². The Morgan fingerprint density at radius 3 is 3.00 bits per heavy atom. The normalized spacial score (nSPS) is 16.0. The van der Waals surface area contributed by atoms with Crippen molar-refractivity contribution in [3.63, 3.8) is 0 Å². The fourth-order valence-electron chi connectivity index (χ4n) is 0.751. The summed E-state index contributed by atoms with van der Waals surface area (Å²) in [6.07, 6.45) is 2.64. The number of rotatable bonds is 0. The molecule has 0 N–H and O–H groups in total. The SMILES string of the molecule is C(#CC1CC1)c1cccs1. The van der Waals surface area contributed by atoms with Gasteiger partial charge in [-0.25, -0.2) is 0 Å². The second kappa shape index (κ2) is 2.48. The summed E-state index contributed by atoms with van der Waals surface area (Å²) in [4.78, 5) is 1.20. The second-order valence-electron chi connectivity index (χ2n) is 2.52. The first kappa shape index (κ1) is 6.00. The maximum absolute atomic E-state index is 3.22. The third-order valence-electron chi connectivity index (χ3n) is 1.50. The van der Waals surface area contributed by atoms with Crippen LogP contribution in [0.25, 0.3) is 0 Å². The molecule has 0 atom stereocenters. The minimum atomic E-state index is 0.724. The molecule has 0 bridgehead atoms. The van der Waals surface area contributed by atoms with Gasteiger partial charge < -0.3 is 0 Å². The highest BCUT2D eigenvalue weighted by Gasteiger charge is 2.17. The summed E-state index contributed by atoms with van der Waals surface area (Å²) in [6, 6.07) is 4.11. The first-order chi connectivity index (χ1) is 4.95. The van der Waals surface area contributed by atoms with E-state index in [1.807, 2.05) is 6.07 Å². The molecule has 1 heterocycles. The second-order valence-corrected chi connectivity index (χ2v) is 3.47. The zero-order chi connectivity index (χ0) is 6.81. The van der Waals surface area contributed by atoms with E-state index in [1.54, 1.807) is 11.3 Å². The van der Waals surface area contributed by atoms with Crippen LogP contribution in [0.4, 0.5) is 0 Å². The van der Waals surface area contributed by atoms with Crippen molar-refractivity contribution in [3.8, 4) is 11.8 Å². The average Bonchev–Trinajstić information content (AvgIpc) is 2.63. The van der Waals surface area contributed by atoms with E-state index >= 15 is 0 Å². The highest BCUT2D eigenvalue weighted by molar-refractivity contribution is 7.10. The van der Waals surface area contributed by atoms with Crippen LogP contribution in [0.1, 0.15) is 17.7 Å². The summed E-state index contributed by atoms with van der Waals surface area (Å²) in [5, 5.41) is 2.07. The van der Waals surface area contributed by atoms with E-state index in [1.165, 1.54) is 17.7 Å². The van der Waals surface area contributed by atoms with Crippen LogP contribution in [-0.2, 0) is 0 Å². The summed E-state index contributed by atoms with van der Waals surface area (Å²) in [5.74, 6) is 7.10. The molecule has 1 aliphatic carbocycles. The Hall–Kier alpha value is -0.740. The third-order valence-corrected chi connectivity index (χ3v) is 2.28. The van der Waals surface area contributed by atoms with Gasteiger partial charge in [-0.3, -0.25) is 0 Å². The van der Waals surface area contributed by atoms with Gasteiger partial charge in [0.05, 0.1) is 4.88 Å². The molecule has 1 aromatic rings. The van der Waals surface area contributed by atoms with Crippen molar-refractivity contribution in [2.75, 3.05) is 0 Å². The Morgan fingerprint density at radius 2 is 2.40 bits per heavy atom. The minimum absolute atomic E-state index is 0.724. The van der Waals surface area contributed by atoms with Crippen molar-refractivity contribution in [2.45, 2.75) is 12.8 Å². The standard InChI is InChI=1S/C9H8S/c1-2-9(10-7-1)6-5-8-3-4-8/h1-2,7-8H,3-4H2. The molecule has 1 heteroatoms. The van der Waals surface area contributed by atoms with Gasteiger partial charge in [0.2, 0.25) is 0 Å². The summed E-state index contributed by atoms with van der Waals surface area (Å²) in [7, 11) is 0. The molecule has 1 saturated carbocycles. The molecule has 1 aromatic heterocycles. The van der Waals surface area contributed by atoms with Gasteiger partial charge in [0, 0.05) is 5.92 Å². The summed E-state index contributed by atoms with van der Waals surface area (Å²) >= 11 is 1.72. The van der Waals surface area contributed by atoms with Crippen LogP contribution >= 0.6 is 11.3 Å². The molecular formula is C9H8S. The Bertz CT molecular complexity index is 257. The first-order valence-corrected chi connectivity index (χ1v) is 4.38. The van der Waals surface area contributed by atoms with Crippen molar-refractivity contribution in [2.24, 2.45) is 5.92 Å². The van der Waals surface area contributed by atoms with E-state index in [-0.39, 0.29) is 0 Å². The molecular weight excluding hydrogens is 140 g/mol. The molecule has 0 spiro atoms. The van der Waals surface area contributed by atoms with E-state index in [9.17, 15) is 0 Å². The maximum Gasteiger partial charge on any atom is 0.0768 e. The van der Waals surface area contributed by atoms with Crippen molar-refractivity contribution in [1.29, 1.82) is 0 Å². The summed E-state index contributed by atoms with van der Waals surface area (Å²) < 4.78 is 0. The fourth-order valence-corrected chi connectivity index (χ4v) is 1.33. The molecule has 0 amide bonds. The van der Waals surface area contributed by atoms with Crippen LogP contribution in [0.3, 0.4) is 0 Å². The fraction of sp³-hybridized carbons (Fsp3) is 0.333. The minimum Gasteiger partial charge on any atom is -0.135 e. The highest BCUT2D eigenvalue weighted by atomic mass is 32.1. The highest BCUT2D eigenvalue weighted by Crippen LogP contribution is 2.27. The van der Waals surface area contributed by atoms with Gasteiger partial charge in [0.25, 0.3) is 0 Å². The summed E-state index contributed by atoms with van der Waals surface area (Å²) in [5.41, 5.74) is 0. The first-order valence-electron chi connectivity index (χ1n) is 3.50. The van der Waals surface area contributed by atoms with E-state index < -0.39 is 0 Å². The molecule has 10 heavy (non-hydrogen) atoms. The van der Waals surface area contributed by atoms with E-state index in [0.29, 0.717) is 0 Å². The van der Waals surface area contributed by atoms with Crippen LogP contribution in [0.5, 0.6) is 0 Å². The van der Waals surface area contributed by atoms with Crippen LogP contribution in [-0.4, -0.2) is 0 Å². The van der Waals surface area contributed by atoms with Crippen molar-refractivity contribution in [3.05, 3.63) is 22.4 Å². The number of thiophene rings is 1.